The van der Waals surface area contributed by atoms with Crippen LogP contribution >= 0.6 is 0 Å². The molecule has 0 radical (unpaired) electrons. The number of alkyl halides is 3. The quantitative estimate of drug-likeness (QED) is 0.304. The van der Waals surface area contributed by atoms with Gasteiger partial charge in [0.25, 0.3) is 5.89 Å². The van der Waals surface area contributed by atoms with Gasteiger partial charge in [0.05, 0.1) is 13.2 Å². The highest BCUT2D eigenvalue weighted by Crippen LogP contribution is 2.26. The molecule has 184 valence electrons. The smallest absolute Gasteiger partial charge is 0.478 e. The van der Waals surface area contributed by atoms with E-state index in [0.29, 0.717) is 37.0 Å². The topological polar surface area (TPSA) is 110 Å². The van der Waals surface area contributed by atoms with Crippen LogP contribution in [-0.2, 0) is 11.3 Å². The maximum absolute atomic E-state index is 12.3. The predicted octanol–water partition coefficient (Wildman–Crippen LogP) is 4.06. The number of benzene rings is 1. The number of rotatable bonds is 10. The van der Waals surface area contributed by atoms with Gasteiger partial charge < -0.3 is 18.7 Å². The zero-order chi connectivity index (χ0) is 24.8. The first-order chi connectivity index (χ1) is 16.8. The van der Waals surface area contributed by atoms with Crippen LogP contribution in [0.5, 0.6) is 11.6 Å². The van der Waals surface area contributed by atoms with E-state index in [9.17, 15) is 13.2 Å². The molecule has 0 bridgehead atoms. The molecule has 0 spiro atoms. The molecule has 0 aliphatic heterocycles. The summed E-state index contributed by atoms with van der Waals surface area (Å²) >= 11 is 0. The first-order valence-electron chi connectivity index (χ1n) is 10.5. The molecule has 0 aliphatic rings. The Kier molecular flexibility index (Phi) is 7.25. The molecule has 0 N–H and O–H groups in total. The number of hydrogen-bond donors (Lipinski definition) is 0. The molecule has 0 amide bonds. The minimum Gasteiger partial charge on any atom is -0.478 e. The van der Waals surface area contributed by atoms with Crippen LogP contribution in [0.2, 0.25) is 0 Å². The van der Waals surface area contributed by atoms with Crippen molar-refractivity contribution >= 4 is 0 Å². The first-order valence-corrected chi connectivity index (χ1v) is 10.5. The number of aromatic nitrogens is 6. The van der Waals surface area contributed by atoms with Crippen molar-refractivity contribution in [1.29, 1.82) is 0 Å². The molecular formula is C22H21F3N6O4. The van der Waals surface area contributed by atoms with Crippen molar-refractivity contribution in [2.45, 2.75) is 26.3 Å². The lowest BCUT2D eigenvalue weighted by Crippen LogP contribution is -2.16. The van der Waals surface area contributed by atoms with E-state index < -0.39 is 6.36 Å². The van der Waals surface area contributed by atoms with Crippen LogP contribution in [0.1, 0.15) is 17.8 Å². The van der Waals surface area contributed by atoms with Gasteiger partial charge in [-0.2, -0.15) is 4.98 Å². The average molecular weight is 490 g/mol. The molecule has 3 aromatic heterocycles. The van der Waals surface area contributed by atoms with Crippen LogP contribution in [0.25, 0.3) is 23.1 Å². The Morgan fingerprint density at radius 2 is 1.80 bits per heavy atom. The molecule has 10 nitrogen and oxygen atoms in total. The van der Waals surface area contributed by atoms with Gasteiger partial charge in [-0.15, -0.1) is 18.3 Å². The predicted molar refractivity (Wildman–Crippen MR) is 115 cm³/mol. The van der Waals surface area contributed by atoms with Crippen molar-refractivity contribution in [3.05, 3.63) is 54.0 Å². The van der Waals surface area contributed by atoms with Gasteiger partial charge in [-0.25, -0.2) is 14.6 Å². The Balaban J connectivity index is 1.41. The molecule has 0 aliphatic carbocycles. The number of pyridine rings is 1. The van der Waals surface area contributed by atoms with Gasteiger partial charge in [-0.05, 0) is 36.8 Å². The van der Waals surface area contributed by atoms with E-state index in [1.807, 2.05) is 6.07 Å². The fourth-order valence-electron chi connectivity index (χ4n) is 3.04. The van der Waals surface area contributed by atoms with E-state index >= 15 is 0 Å². The number of methoxy groups -OCH3 is 1. The minimum atomic E-state index is -4.76. The van der Waals surface area contributed by atoms with Crippen molar-refractivity contribution < 1.29 is 31.9 Å². The van der Waals surface area contributed by atoms with E-state index in [1.54, 1.807) is 31.0 Å². The second-order valence-electron chi connectivity index (χ2n) is 7.34. The van der Waals surface area contributed by atoms with Gasteiger partial charge in [0.15, 0.2) is 0 Å². The summed E-state index contributed by atoms with van der Waals surface area (Å²) in [5.74, 6) is 1.28. The van der Waals surface area contributed by atoms with Gasteiger partial charge in [0.1, 0.15) is 11.6 Å². The molecule has 3 heterocycles. The number of nitrogens with zero attached hydrogens (tertiary/aromatic N) is 6. The molecule has 4 aromatic rings. The Morgan fingerprint density at radius 1 is 1.00 bits per heavy atom. The van der Waals surface area contributed by atoms with E-state index in [4.69, 9.17) is 14.0 Å². The Morgan fingerprint density at radius 3 is 2.49 bits per heavy atom. The second-order valence-corrected chi connectivity index (χ2v) is 7.34. The summed E-state index contributed by atoms with van der Waals surface area (Å²) in [6, 6.07) is 8.79. The molecule has 1 aromatic carbocycles. The normalized spacial score (nSPS) is 11.6. The number of ether oxygens (including phenoxy) is 3. The largest absolute Gasteiger partial charge is 0.573 e. The highest BCUT2D eigenvalue weighted by molar-refractivity contribution is 5.57. The lowest BCUT2D eigenvalue weighted by atomic mass is 10.2. The summed E-state index contributed by atoms with van der Waals surface area (Å²) in [6.07, 6.45) is -2.29. The molecule has 0 fully saturated rings. The van der Waals surface area contributed by atoms with Crippen LogP contribution in [0.3, 0.4) is 0 Å². The summed E-state index contributed by atoms with van der Waals surface area (Å²) in [5, 5.41) is 8.29. The monoisotopic (exact) mass is 490 g/mol. The highest BCUT2D eigenvalue weighted by Gasteiger charge is 2.31. The summed E-state index contributed by atoms with van der Waals surface area (Å²) in [4.78, 5) is 12.9. The van der Waals surface area contributed by atoms with Crippen molar-refractivity contribution in [2.24, 2.45) is 0 Å². The molecule has 0 unspecified atom stereocenters. The third-order valence-corrected chi connectivity index (χ3v) is 4.69. The first kappa shape index (κ1) is 24.1. The van der Waals surface area contributed by atoms with Crippen LogP contribution in [-0.4, -0.2) is 56.6 Å². The molecule has 0 saturated carbocycles. The minimum absolute atomic E-state index is 0.0791. The van der Waals surface area contributed by atoms with Crippen molar-refractivity contribution in [3.63, 3.8) is 0 Å². The second kappa shape index (κ2) is 10.5. The lowest BCUT2D eigenvalue weighted by Gasteiger charge is -2.08. The third-order valence-electron chi connectivity index (χ3n) is 4.69. The van der Waals surface area contributed by atoms with Gasteiger partial charge in [-0.3, -0.25) is 0 Å². The number of hydrogen-bond acceptors (Lipinski definition) is 9. The highest BCUT2D eigenvalue weighted by atomic mass is 19.4. The number of aryl methyl sites for hydroxylation is 1. The molecule has 13 heteroatoms. The Bertz CT molecular complexity index is 1240. The zero-order valence-electron chi connectivity index (χ0n) is 18.8. The standard InChI is InChI=1S/C22H21F3N6O4/c1-14-27-20(29-31(14)13-15-4-9-18(26-12-15)33-11-3-10-32-2)21-28-19(30-35-21)16-5-7-17(8-6-16)34-22(23,24)25/h4-9,12H,3,10-11,13H2,1-2H3. The summed E-state index contributed by atoms with van der Waals surface area (Å²) in [7, 11) is 1.64. The molecule has 4 rings (SSSR count). The van der Waals surface area contributed by atoms with Crippen molar-refractivity contribution in [3.8, 4) is 34.7 Å². The summed E-state index contributed by atoms with van der Waals surface area (Å²) in [5.41, 5.74) is 1.34. The van der Waals surface area contributed by atoms with Crippen LogP contribution in [0, 0.1) is 6.92 Å². The van der Waals surface area contributed by atoms with E-state index in [0.717, 1.165) is 12.0 Å². The number of halogens is 3. The van der Waals surface area contributed by atoms with Crippen LogP contribution in [0.4, 0.5) is 13.2 Å². The molecule has 0 saturated heterocycles. The van der Waals surface area contributed by atoms with Crippen molar-refractivity contribution in [2.75, 3.05) is 20.3 Å². The summed E-state index contributed by atoms with van der Waals surface area (Å²) in [6.45, 7) is 3.34. The Hall–Kier alpha value is -4.00. The van der Waals surface area contributed by atoms with Crippen LogP contribution in [0.15, 0.2) is 47.1 Å². The maximum atomic E-state index is 12.3. The molecule has 35 heavy (non-hydrogen) atoms. The fourth-order valence-corrected chi connectivity index (χ4v) is 3.04. The summed E-state index contributed by atoms with van der Waals surface area (Å²) < 4.78 is 58.3. The van der Waals surface area contributed by atoms with Crippen LogP contribution < -0.4 is 9.47 Å². The zero-order valence-corrected chi connectivity index (χ0v) is 18.8. The van der Waals surface area contributed by atoms with E-state index in [1.165, 1.54) is 24.3 Å². The molecule has 0 atom stereocenters. The SMILES string of the molecule is COCCCOc1ccc(Cn2nc(-c3nc(-c4ccc(OC(F)(F)F)cc4)no3)nc2C)cn1. The Labute approximate surface area is 197 Å². The van der Waals surface area contributed by atoms with Gasteiger partial charge in [0.2, 0.25) is 17.5 Å². The van der Waals surface area contributed by atoms with E-state index in [2.05, 4.69) is 29.9 Å². The third kappa shape index (κ3) is 6.53. The van der Waals surface area contributed by atoms with E-state index in [-0.39, 0.29) is 23.3 Å². The average Bonchev–Trinajstić information content (AvgIpc) is 3.45. The van der Waals surface area contributed by atoms with Gasteiger partial charge in [-0.1, -0.05) is 11.2 Å². The van der Waals surface area contributed by atoms with Gasteiger partial charge in [0, 0.05) is 38.0 Å². The van der Waals surface area contributed by atoms with Gasteiger partial charge >= 0.3 is 6.36 Å². The fraction of sp³-hybridized carbons (Fsp3) is 0.318. The molecular weight excluding hydrogens is 469 g/mol. The van der Waals surface area contributed by atoms with Crippen molar-refractivity contribution in [1.82, 2.24) is 29.9 Å². The lowest BCUT2D eigenvalue weighted by molar-refractivity contribution is -0.274. The maximum Gasteiger partial charge on any atom is 0.573 e.